The van der Waals surface area contributed by atoms with Crippen molar-refractivity contribution in [2.24, 2.45) is 0 Å². The lowest BCUT2D eigenvalue weighted by atomic mass is 10.1. The summed E-state index contributed by atoms with van der Waals surface area (Å²) in [5.74, 6) is 1.05. The lowest BCUT2D eigenvalue weighted by Gasteiger charge is -2.27. The summed E-state index contributed by atoms with van der Waals surface area (Å²) in [7, 11) is 0. The van der Waals surface area contributed by atoms with Crippen molar-refractivity contribution in [2.75, 3.05) is 43.1 Å². The number of halogens is 1. The van der Waals surface area contributed by atoms with Crippen LogP contribution in [-0.4, -0.2) is 49.0 Å². The van der Waals surface area contributed by atoms with Gasteiger partial charge in [0.05, 0.1) is 23.9 Å². The molecule has 3 aromatic rings. The van der Waals surface area contributed by atoms with Gasteiger partial charge in [-0.1, -0.05) is 29.8 Å². The van der Waals surface area contributed by atoms with Gasteiger partial charge < -0.3 is 19.7 Å². The molecule has 1 saturated heterocycles. The fraction of sp³-hybridized carbons (Fsp3) is 0.261. The number of aromatic nitrogens is 2. The molecule has 1 aliphatic heterocycles. The number of carbonyl (C=O) groups excluding carboxylic acids is 1. The summed E-state index contributed by atoms with van der Waals surface area (Å²) in [6.07, 6.45) is 0. The van der Waals surface area contributed by atoms with Crippen LogP contribution < -0.4 is 15.0 Å². The number of morpholine rings is 1. The highest BCUT2D eigenvalue weighted by Gasteiger charge is 2.13. The highest BCUT2D eigenvalue weighted by Crippen LogP contribution is 2.25. The number of ether oxygens (including phenoxy) is 2. The molecule has 0 saturated carbocycles. The first-order valence-electron chi connectivity index (χ1n) is 10.0. The lowest BCUT2D eigenvalue weighted by Crippen LogP contribution is -2.36. The first-order valence-corrected chi connectivity index (χ1v) is 10.4. The smallest absolute Gasteiger partial charge is 0.262 e. The maximum absolute atomic E-state index is 12.3. The molecule has 0 spiro atoms. The van der Waals surface area contributed by atoms with Gasteiger partial charge in [0, 0.05) is 24.3 Å². The zero-order valence-corrected chi connectivity index (χ0v) is 17.9. The number of aryl methyl sites for hydroxylation is 1. The Morgan fingerprint density at radius 1 is 1.13 bits per heavy atom. The Hall–Kier alpha value is -3.16. The number of anilines is 2. The third kappa shape index (κ3) is 5.51. The second-order valence-electron chi connectivity index (χ2n) is 7.23. The Bertz CT molecular complexity index is 1050. The topological polar surface area (TPSA) is 76.6 Å². The maximum atomic E-state index is 12.3. The maximum Gasteiger partial charge on any atom is 0.262 e. The predicted molar refractivity (Wildman–Crippen MR) is 121 cm³/mol. The molecule has 31 heavy (non-hydrogen) atoms. The average molecular weight is 439 g/mol. The second-order valence-corrected chi connectivity index (χ2v) is 7.63. The molecule has 160 valence electrons. The number of rotatable bonds is 6. The molecule has 1 N–H and O–H groups in total. The Morgan fingerprint density at radius 3 is 2.74 bits per heavy atom. The molecule has 7 nitrogen and oxygen atoms in total. The number of nitrogens with zero attached hydrogens (tertiary/aromatic N) is 3. The lowest BCUT2D eigenvalue weighted by molar-refractivity contribution is -0.118. The zero-order valence-electron chi connectivity index (χ0n) is 17.2. The van der Waals surface area contributed by atoms with Crippen LogP contribution >= 0.6 is 11.6 Å². The monoisotopic (exact) mass is 438 g/mol. The molecule has 1 amide bonds. The van der Waals surface area contributed by atoms with Crippen LogP contribution in [-0.2, 0) is 9.53 Å². The van der Waals surface area contributed by atoms with Gasteiger partial charge >= 0.3 is 0 Å². The molecule has 0 aliphatic carbocycles. The van der Waals surface area contributed by atoms with Gasteiger partial charge in [-0.25, -0.2) is 0 Å². The molecule has 8 heteroatoms. The quantitative estimate of drug-likeness (QED) is 0.627. The summed E-state index contributed by atoms with van der Waals surface area (Å²) >= 11 is 6.11. The van der Waals surface area contributed by atoms with Crippen molar-refractivity contribution in [3.63, 3.8) is 0 Å². The SMILES string of the molecule is Cc1ccc(Cl)c(OCC(=O)Nc2cccc(-c3ccc(N4CCOCC4)nn3)c2)c1. The van der Waals surface area contributed by atoms with E-state index in [9.17, 15) is 4.79 Å². The van der Waals surface area contributed by atoms with Crippen LogP contribution in [0, 0.1) is 6.92 Å². The molecule has 0 bridgehead atoms. The molecule has 1 aromatic heterocycles. The average Bonchev–Trinajstić information content (AvgIpc) is 2.80. The first kappa shape index (κ1) is 21.1. The van der Waals surface area contributed by atoms with E-state index in [1.165, 1.54) is 0 Å². The Kier molecular flexibility index (Phi) is 6.64. The predicted octanol–water partition coefficient (Wildman–Crippen LogP) is 3.96. The summed E-state index contributed by atoms with van der Waals surface area (Å²) in [5, 5.41) is 12.0. The fourth-order valence-corrected chi connectivity index (χ4v) is 3.43. The molecule has 2 aromatic carbocycles. The Labute approximate surface area is 186 Å². The number of hydrogen-bond acceptors (Lipinski definition) is 6. The van der Waals surface area contributed by atoms with Crippen LogP contribution in [0.3, 0.4) is 0 Å². The van der Waals surface area contributed by atoms with E-state index in [0.717, 1.165) is 35.7 Å². The number of nitrogens with one attached hydrogen (secondary N) is 1. The largest absolute Gasteiger partial charge is 0.482 e. The van der Waals surface area contributed by atoms with Gasteiger partial charge in [0.2, 0.25) is 0 Å². The third-order valence-electron chi connectivity index (χ3n) is 4.87. The van der Waals surface area contributed by atoms with Gasteiger partial charge in [-0.15, -0.1) is 10.2 Å². The third-order valence-corrected chi connectivity index (χ3v) is 5.19. The van der Waals surface area contributed by atoms with Crippen LogP contribution in [0.25, 0.3) is 11.3 Å². The van der Waals surface area contributed by atoms with E-state index in [0.29, 0.717) is 29.7 Å². The molecule has 1 aliphatic rings. The van der Waals surface area contributed by atoms with Crippen molar-refractivity contribution in [2.45, 2.75) is 6.92 Å². The molecule has 0 atom stereocenters. The van der Waals surface area contributed by atoms with Crippen molar-refractivity contribution < 1.29 is 14.3 Å². The second kappa shape index (κ2) is 9.76. The van der Waals surface area contributed by atoms with Crippen LogP contribution in [0.5, 0.6) is 5.75 Å². The number of benzene rings is 2. The normalized spacial score (nSPS) is 13.7. The minimum Gasteiger partial charge on any atom is -0.482 e. The van der Waals surface area contributed by atoms with Gasteiger partial charge in [0.15, 0.2) is 12.4 Å². The summed E-state index contributed by atoms with van der Waals surface area (Å²) in [4.78, 5) is 14.5. The molecule has 4 rings (SSSR count). The van der Waals surface area contributed by atoms with E-state index >= 15 is 0 Å². The number of hydrogen-bond donors (Lipinski definition) is 1. The van der Waals surface area contributed by atoms with E-state index in [2.05, 4.69) is 20.4 Å². The zero-order chi connectivity index (χ0) is 21.6. The van der Waals surface area contributed by atoms with E-state index in [4.69, 9.17) is 21.1 Å². The van der Waals surface area contributed by atoms with Crippen LogP contribution in [0.1, 0.15) is 5.56 Å². The molecule has 2 heterocycles. The molecule has 1 fully saturated rings. The molecular formula is C23H23ClN4O3. The van der Waals surface area contributed by atoms with E-state index in [-0.39, 0.29) is 12.5 Å². The Morgan fingerprint density at radius 2 is 1.97 bits per heavy atom. The van der Waals surface area contributed by atoms with Crippen molar-refractivity contribution in [1.82, 2.24) is 10.2 Å². The number of amides is 1. The highest BCUT2D eigenvalue weighted by atomic mass is 35.5. The molecule has 0 unspecified atom stereocenters. The standard InChI is InChI=1S/C23H23ClN4O3/c1-16-5-6-19(24)21(13-16)31-15-23(29)25-18-4-2-3-17(14-18)20-7-8-22(27-26-20)28-9-11-30-12-10-28/h2-8,13-14H,9-12,15H2,1H3,(H,25,29). The van der Waals surface area contributed by atoms with Gasteiger partial charge in [-0.05, 0) is 48.9 Å². The van der Waals surface area contributed by atoms with E-state index < -0.39 is 0 Å². The minimum atomic E-state index is -0.275. The molecular weight excluding hydrogens is 416 g/mol. The van der Waals surface area contributed by atoms with E-state index in [1.807, 2.05) is 49.4 Å². The first-order chi connectivity index (χ1) is 15.1. The summed E-state index contributed by atoms with van der Waals surface area (Å²) in [5.41, 5.74) is 3.26. The van der Waals surface area contributed by atoms with Crippen LogP contribution in [0.4, 0.5) is 11.5 Å². The summed E-state index contributed by atoms with van der Waals surface area (Å²) in [6, 6.07) is 16.8. The van der Waals surface area contributed by atoms with Crippen molar-refractivity contribution in [3.8, 4) is 17.0 Å². The fourth-order valence-electron chi connectivity index (χ4n) is 3.26. The number of carbonyl (C=O) groups is 1. The summed E-state index contributed by atoms with van der Waals surface area (Å²) in [6.45, 7) is 4.82. The Balaban J connectivity index is 1.38. The molecule has 0 radical (unpaired) electrons. The van der Waals surface area contributed by atoms with Crippen LogP contribution in [0.15, 0.2) is 54.6 Å². The van der Waals surface area contributed by atoms with Crippen molar-refractivity contribution in [1.29, 1.82) is 0 Å². The minimum absolute atomic E-state index is 0.137. The van der Waals surface area contributed by atoms with Crippen molar-refractivity contribution in [3.05, 3.63) is 65.2 Å². The van der Waals surface area contributed by atoms with Crippen LogP contribution in [0.2, 0.25) is 5.02 Å². The van der Waals surface area contributed by atoms with E-state index in [1.54, 1.807) is 12.1 Å². The van der Waals surface area contributed by atoms with Gasteiger partial charge in [-0.2, -0.15) is 0 Å². The van der Waals surface area contributed by atoms with Gasteiger partial charge in [0.1, 0.15) is 5.75 Å². The highest BCUT2D eigenvalue weighted by molar-refractivity contribution is 6.32. The van der Waals surface area contributed by atoms with Gasteiger partial charge in [-0.3, -0.25) is 4.79 Å². The summed E-state index contributed by atoms with van der Waals surface area (Å²) < 4.78 is 10.9. The van der Waals surface area contributed by atoms with Crippen molar-refractivity contribution >= 4 is 29.0 Å². The van der Waals surface area contributed by atoms with Gasteiger partial charge in [0.25, 0.3) is 5.91 Å².